The largest absolute Gasteiger partial charge is 0.419 e. The summed E-state index contributed by atoms with van der Waals surface area (Å²) in [5, 5.41) is 3.48. The molecule has 0 aliphatic carbocycles. The van der Waals surface area contributed by atoms with Gasteiger partial charge >= 0.3 is 6.18 Å². The van der Waals surface area contributed by atoms with E-state index in [1.54, 1.807) is 25.2 Å². The number of hydrogen-bond donors (Lipinski definition) is 1. The van der Waals surface area contributed by atoms with Crippen LogP contribution in [0, 0.1) is 5.82 Å². The van der Waals surface area contributed by atoms with Crippen molar-refractivity contribution in [3.63, 3.8) is 0 Å². The van der Waals surface area contributed by atoms with Gasteiger partial charge in [0, 0.05) is 11.6 Å². The molecule has 21 heavy (non-hydrogen) atoms. The van der Waals surface area contributed by atoms with Crippen molar-refractivity contribution < 1.29 is 17.6 Å². The minimum atomic E-state index is -4.69. The minimum absolute atomic E-state index is 0.370. The summed E-state index contributed by atoms with van der Waals surface area (Å²) in [5.41, 5.74) is 0.499. The molecule has 0 saturated carbocycles. The van der Waals surface area contributed by atoms with Gasteiger partial charge in [0.25, 0.3) is 0 Å². The molecule has 0 aliphatic rings. The Hall–Kier alpha value is -1.59. The predicted molar refractivity (Wildman–Crippen MR) is 74.6 cm³/mol. The highest BCUT2D eigenvalue weighted by Crippen LogP contribution is 2.34. The van der Waals surface area contributed by atoms with Crippen LogP contribution >= 0.6 is 11.6 Å². The van der Waals surface area contributed by atoms with Crippen LogP contribution in [0.1, 0.15) is 11.1 Å². The third-order valence-electron chi connectivity index (χ3n) is 3.02. The maximum absolute atomic E-state index is 13.6. The van der Waals surface area contributed by atoms with E-state index < -0.39 is 17.6 Å². The van der Waals surface area contributed by atoms with E-state index in [1.165, 1.54) is 6.07 Å². The Labute approximate surface area is 124 Å². The van der Waals surface area contributed by atoms with Crippen LogP contribution in [-0.4, -0.2) is 7.05 Å². The second-order valence-corrected chi connectivity index (χ2v) is 4.94. The number of benzene rings is 2. The first-order valence-corrected chi connectivity index (χ1v) is 6.51. The van der Waals surface area contributed by atoms with Gasteiger partial charge in [-0.05, 0) is 48.0 Å². The van der Waals surface area contributed by atoms with Crippen LogP contribution in [-0.2, 0) is 12.7 Å². The fourth-order valence-corrected chi connectivity index (χ4v) is 2.19. The van der Waals surface area contributed by atoms with Gasteiger partial charge in [0.15, 0.2) is 0 Å². The molecule has 0 unspecified atom stereocenters. The number of nitrogens with one attached hydrogen (secondary N) is 1. The minimum Gasteiger partial charge on any atom is -0.316 e. The zero-order valence-corrected chi connectivity index (χ0v) is 11.8. The van der Waals surface area contributed by atoms with E-state index in [9.17, 15) is 17.6 Å². The summed E-state index contributed by atoms with van der Waals surface area (Å²) in [4.78, 5) is 0. The van der Waals surface area contributed by atoms with Crippen molar-refractivity contribution in [3.05, 3.63) is 58.4 Å². The monoisotopic (exact) mass is 317 g/mol. The van der Waals surface area contributed by atoms with Gasteiger partial charge in [-0.2, -0.15) is 13.2 Å². The quantitative estimate of drug-likeness (QED) is 0.795. The topological polar surface area (TPSA) is 12.0 Å². The molecule has 2 rings (SSSR count). The third-order valence-corrected chi connectivity index (χ3v) is 3.39. The Morgan fingerprint density at radius 3 is 2.24 bits per heavy atom. The number of rotatable bonds is 3. The van der Waals surface area contributed by atoms with Crippen molar-refractivity contribution in [2.24, 2.45) is 0 Å². The van der Waals surface area contributed by atoms with Crippen LogP contribution in [0.2, 0.25) is 5.02 Å². The lowest BCUT2D eigenvalue weighted by Crippen LogP contribution is -2.08. The maximum Gasteiger partial charge on any atom is 0.419 e. The van der Waals surface area contributed by atoms with E-state index in [1.807, 2.05) is 0 Å². The van der Waals surface area contributed by atoms with Crippen LogP contribution in [0.4, 0.5) is 17.6 Å². The highest BCUT2D eigenvalue weighted by atomic mass is 35.5. The van der Waals surface area contributed by atoms with Gasteiger partial charge in [0.1, 0.15) is 5.82 Å². The molecule has 2 aromatic rings. The molecule has 0 radical (unpaired) electrons. The fraction of sp³-hybridized carbons (Fsp3) is 0.200. The molecule has 0 fully saturated rings. The first-order chi connectivity index (χ1) is 9.82. The van der Waals surface area contributed by atoms with E-state index in [4.69, 9.17) is 11.6 Å². The zero-order chi connectivity index (χ0) is 15.6. The van der Waals surface area contributed by atoms with Crippen LogP contribution in [0.3, 0.4) is 0 Å². The standard InChI is InChI=1S/C15H12ClF4N/c1-21-8-11-6-9(3-5-13(11)16)10-2-4-12(14(17)7-10)15(18,19)20/h2-7,21H,8H2,1H3. The van der Waals surface area contributed by atoms with E-state index >= 15 is 0 Å². The molecule has 0 amide bonds. The lowest BCUT2D eigenvalue weighted by atomic mass is 10.0. The molecule has 112 valence electrons. The summed E-state index contributed by atoms with van der Waals surface area (Å²) >= 11 is 6.02. The van der Waals surface area contributed by atoms with E-state index in [2.05, 4.69) is 5.32 Å². The van der Waals surface area contributed by atoms with Gasteiger partial charge in [0.05, 0.1) is 5.56 Å². The highest BCUT2D eigenvalue weighted by Gasteiger charge is 2.33. The zero-order valence-electron chi connectivity index (χ0n) is 11.1. The molecule has 1 nitrogen and oxygen atoms in total. The average Bonchev–Trinajstić information content (AvgIpc) is 2.40. The van der Waals surface area contributed by atoms with Crippen molar-refractivity contribution in [1.82, 2.24) is 5.32 Å². The van der Waals surface area contributed by atoms with Gasteiger partial charge in [-0.1, -0.05) is 23.7 Å². The summed E-state index contributed by atoms with van der Waals surface area (Å²) in [5.74, 6) is -1.29. The van der Waals surface area contributed by atoms with Crippen molar-refractivity contribution in [2.45, 2.75) is 12.7 Å². The van der Waals surface area contributed by atoms with Gasteiger partial charge in [-0.3, -0.25) is 0 Å². The molecule has 0 saturated heterocycles. The van der Waals surface area contributed by atoms with Crippen LogP contribution in [0.15, 0.2) is 36.4 Å². The van der Waals surface area contributed by atoms with Gasteiger partial charge < -0.3 is 5.32 Å². The number of halogens is 5. The lowest BCUT2D eigenvalue weighted by Gasteiger charge is -2.11. The molecule has 0 atom stereocenters. The Morgan fingerprint density at radius 1 is 1.05 bits per heavy atom. The Bertz CT molecular complexity index is 653. The summed E-state index contributed by atoms with van der Waals surface area (Å²) < 4.78 is 51.2. The van der Waals surface area contributed by atoms with Crippen molar-refractivity contribution in [3.8, 4) is 11.1 Å². The van der Waals surface area contributed by atoms with Crippen molar-refractivity contribution in [2.75, 3.05) is 7.05 Å². The summed E-state index contributed by atoms with van der Waals surface area (Å²) in [6, 6.07) is 7.88. The SMILES string of the molecule is CNCc1cc(-c2ccc(C(F)(F)F)c(F)c2)ccc1Cl. The van der Waals surface area contributed by atoms with E-state index in [0.29, 0.717) is 22.7 Å². The molecule has 2 aromatic carbocycles. The Balaban J connectivity index is 2.43. The van der Waals surface area contributed by atoms with Crippen molar-refractivity contribution >= 4 is 11.6 Å². The number of hydrogen-bond acceptors (Lipinski definition) is 1. The molecule has 0 spiro atoms. The first-order valence-electron chi connectivity index (χ1n) is 6.13. The van der Waals surface area contributed by atoms with Crippen LogP contribution in [0.5, 0.6) is 0 Å². The van der Waals surface area contributed by atoms with Crippen LogP contribution < -0.4 is 5.32 Å². The third kappa shape index (κ3) is 3.54. The second kappa shape index (κ2) is 6.03. The summed E-state index contributed by atoms with van der Waals surface area (Å²) in [6.07, 6.45) is -4.69. The first kappa shape index (κ1) is 15.8. The molecule has 0 bridgehead atoms. The van der Waals surface area contributed by atoms with E-state index in [0.717, 1.165) is 17.7 Å². The van der Waals surface area contributed by atoms with Gasteiger partial charge in [0.2, 0.25) is 0 Å². The van der Waals surface area contributed by atoms with Gasteiger partial charge in [-0.25, -0.2) is 4.39 Å². The highest BCUT2D eigenvalue weighted by molar-refractivity contribution is 6.31. The van der Waals surface area contributed by atoms with E-state index in [-0.39, 0.29) is 0 Å². The summed E-state index contributed by atoms with van der Waals surface area (Å²) in [7, 11) is 1.75. The lowest BCUT2D eigenvalue weighted by molar-refractivity contribution is -0.139. The van der Waals surface area contributed by atoms with Crippen molar-refractivity contribution in [1.29, 1.82) is 0 Å². The Kier molecular flexibility index (Phi) is 4.54. The second-order valence-electron chi connectivity index (χ2n) is 4.53. The Morgan fingerprint density at radius 2 is 1.67 bits per heavy atom. The fourth-order valence-electron chi connectivity index (χ4n) is 2.00. The summed E-state index contributed by atoms with van der Waals surface area (Å²) in [6.45, 7) is 0.510. The predicted octanol–water partition coefficient (Wildman–Crippen LogP) is 4.88. The smallest absolute Gasteiger partial charge is 0.316 e. The molecule has 0 heterocycles. The molecule has 0 aliphatic heterocycles. The molecule has 6 heteroatoms. The molecular weight excluding hydrogens is 306 g/mol. The molecular formula is C15H12ClF4N. The normalized spacial score (nSPS) is 11.7. The molecule has 1 N–H and O–H groups in total. The molecule has 0 aromatic heterocycles. The number of alkyl halides is 3. The maximum atomic E-state index is 13.6. The average molecular weight is 318 g/mol. The van der Waals surface area contributed by atoms with Crippen LogP contribution in [0.25, 0.3) is 11.1 Å². The van der Waals surface area contributed by atoms with Gasteiger partial charge in [-0.15, -0.1) is 0 Å².